The Morgan fingerprint density at radius 2 is 2.31 bits per heavy atom. The molecule has 1 atom stereocenters. The first-order valence-electron chi connectivity index (χ1n) is 3.72. The summed E-state index contributed by atoms with van der Waals surface area (Å²) in [6.45, 7) is 0. The lowest BCUT2D eigenvalue weighted by Crippen LogP contribution is -2.09. The third-order valence-electron chi connectivity index (χ3n) is 1.68. The molecule has 1 aromatic rings. The molecule has 2 nitrogen and oxygen atoms in total. The van der Waals surface area contributed by atoms with Gasteiger partial charge in [0.1, 0.15) is 5.82 Å². The van der Waals surface area contributed by atoms with Crippen LogP contribution < -0.4 is 5.73 Å². The Morgan fingerprint density at radius 3 is 2.85 bits per heavy atom. The van der Waals surface area contributed by atoms with Gasteiger partial charge in [-0.05, 0) is 17.7 Å². The van der Waals surface area contributed by atoms with Gasteiger partial charge in [-0.25, -0.2) is 4.39 Å². The van der Waals surface area contributed by atoms with Crippen LogP contribution in [0.5, 0.6) is 0 Å². The molecule has 0 aliphatic heterocycles. The predicted molar refractivity (Wildman–Crippen MR) is 48.6 cm³/mol. The molecule has 1 unspecified atom stereocenters. The van der Waals surface area contributed by atoms with E-state index in [1.54, 1.807) is 0 Å². The van der Waals surface area contributed by atoms with Gasteiger partial charge in [-0.3, -0.25) is 0 Å². The normalized spacial score (nSPS) is 12.2. The van der Waals surface area contributed by atoms with Crippen LogP contribution in [0, 0.1) is 17.1 Å². The van der Waals surface area contributed by atoms with Crippen molar-refractivity contribution in [1.82, 2.24) is 0 Å². The lowest BCUT2D eigenvalue weighted by Gasteiger charge is -2.07. The van der Waals surface area contributed by atoms with Gasteiger partial charge >= 0.3 is 0 Å². The Kier molecular flexibility index (Phi) is 3.24. The van der Waals surface area contributed by atoms with Gasteiger partial charge in [-0.15, -0.1) is 0 Å². The zero-order chi connectivity index (χ0) is 9.84. The summed E-state index contributed by atoms with van der Waals surface area (Å²) in [7, 11) is 0. The first-order chi connectivity index (χ1) is 6.15. The molecule has 4 heteroatoms. The van der Waals surface area contributed by atoms with Crippen LogP contribution in [-0.4, -0.2) is 0 Å². The fraction of sp³-hybridized carbons (Fsp3) is 0.222. The van der Waals surface area contributed by atoms with Crippen LogP contribution in [0.4, 0.5) is 4.39 Å². The van der Waals surface area contributed by atoms with E-state index in [9.17, 15) is 4.39 Å². The summed E-state index contributed by atoms with van der Waals surface area (Å²) in [4.78, 5) is 0. The molecular formula is C9H8ClFN2. The SMILES string of the molecule is N#CCC(N)c1ccc(F)c(Cl)c1. The number of hydrogen-bond acceptors (Lipinski definition) is 2. The van der Waals surface area contributed by atoms with E-state index in [0.717, 1.165) is 0 Å². The standard InChI is InChI=1S/C9H8ClFN2/c10-7-5-6(1-2-8(7)11)9(13)3-4-12/h1-2,5,9H,3,13H2. The van der Waals surface area contributed by atoms with Crippen molar-refractivity contribution in [3.63, 3.8) is 0 Å². The minimum absolute atomic E-state index is 0.0332. The number of rotatable bonds is 2. The molecule has 2 N–H and O–H groups in total. The molecule has 1 rings (SSSR count). The highest BCUT2D eigenvalue weighted by atomic mass is 35.5. The van der Waals surface area contributed by atoms with Crippen molar-refractivity contribution in [2.45, 2.75) is 12.5 Å². The molecular weight excluding hydrogens is 191 g/mol. The van der Waals surface area contributed by atoms with E-state index in [1.807, 2.05) is 6.07 Å². The number of benzene rings is 1. The van der Waals surface area contributed by atoms with E-state index in [-0.39, 0.29) is 11.4 Å². The second-order valence-electron chi connectivity index (χ2n) is 2.64. The van der Waals surface area contributed by atoms with Crippen LogP contribution in [0.25, 0.3) is 0 Å². The first-order valence-corrected chi connectivity index (χ1v) is 4.10. The van der Waals surface area contributed by atoms with Crippen LogP contribution >= 0.6 is 11.6 Å². The zero-order valence-electron chi connectivity index (χ0n) is 6.80. The number of halogens is 2. The summed E-state index contributed by atoms with van der Waals surface area (Å²) in [5.74, 6) is -0.477. The topological polar surface area (TPSA) is 49.8 Å². The van der Waals surface area contributed by atoms with Crippen molar-refractivity contribution in [3.05, 3.63) is 34.6 Å². The van der Waals surface area contributed by atoms with E-state index in [2.05, 4.69) is 0 Å². The van der Waals surface area contributed by atoms with Gasteiger partial charge in [0.15, 0.2) is 0 Å². The molecule has 0 saturated heterocycles. The van der Waals surface area contributed by atoms with Gasteiger partial charge in [0.2, 0.25) is 0 Å². The summed E-state index contributed by atoms with van der Waals surface area (Å²) in [5.41, 5.74) is 6.29. The second-order valence-corrected chi connectivity index (χ2v) is 3.05. The van der Waals surface area contributed by atoms with Gasteiger partial charge in [0.05, 0.1) is 17.5 Å². The van der Waals surface area contributed by atoms with Crippen molar-refractivity contribution in [3.8, 4) is 6.07 Å². The van der Waals surface area contributed by atoms with Crippen LogP contribution in [-0.2, 0) is 0 Å². The van der Waals surface area contributed by atoms with Crippen molar-refractivity contribution in [2.75, 3.05) is 0 Å². The fourth-order valence-corrected chi connectivity index (χ4v) is 1.15. The predicted octanol–water partition coefficient (Wildman–Crippen LogP) is 2.39. The molecule has 1 aromatic carbocycles. The Hall–Kier alpha value is -1.11. The number of nitrogens with two attached hydrogens (primary N) is 1. The largest absolute Gasteiger partial charge is 0.323 e. The molecule has 0 saturated carbocycles. The highest BCUT2D eigenvalue weighted by molar-refractivity contribution is 6.30. The number of nitriles is 1. The van der Waals surface area contributed by atoms with E-state index in [4.69, 9.17) is 22.6 Å². The van der Waals surface area contributed by atoms with Crippen molar-refractivity contribution in [2.24, 2.45) is 5.73 Å². The monoisotopic (exact) mass is 198 g/mol. The summed E-state index contributed by atoms with van der Waals surface area (Å²) < 4.78 is 12.7. The minimum atomic E-state index is -0.477. The highest BCUT2D eigenvalue weighted by Crippen LogP contribution is 2.20. The Labute approximate surface area is 80.7 Å². The molecule has 0 fully saturated rings. The van der Waals surface area contributed by atoms with Crippen LogP contribution in [0.2, 0.25) is 5.02 Å². The van der Waals surface area contributed by atoms with Crippen molar-refractivity contribution in [1.29, 1.82) is 5.26 Å². The second kappa shape index (κ2) is 4.22. The third-order valence-corrected chi connectivity index (χ3v) is 1.97. The van der Waals surface area contributed by atoms with Crippen LogP contribution in [0.15, 0.2) is 18.2 Å². The Balaban J connectivity index is 2.91. The van der Waals surface area contributed by atoms with E-state index in [1.165, 1.54) is 18.2 Å². The summed E-state index contributed by atoms with van der Waals surface area (Å²) in [5, 5.41) is 8.42. The summed E-state index contributed by atoms with van der Waals surface area (Å²) >= 11 is 5.54. The molecule has 0 amide bonds. The molecule has 68 valence electrons. The molecule has 13 heavy (non-hydrogen) atoms. The molecule has 0 radical (unpaired) electrons. The highest BCUT2D eigenvalue weighted by Gasteiger charge is 2.07. The lowest BCUT2D eigenvalue weighted by molar-refractivity contribution is 0.625. The smallest absolute Gasteiger partial charge is 0.141 e. The number of nitrogens with zero attached hydrogens (tertiary/aromatic N) is 1. The molecule has 0 spiro atoms. The fourth-order valence-electron chi connectivity index (χ4n) is 0.959. The average Bonchev–Trinajstić information content (AvgIpc) is 2.10. The van der Waals surface area contributed by atoms with Crippen molar-refractivity contribution < 1.29 is 4.39 Å². The summed E-state index contributed by atoms with van der Waals surface area (Å²) in [6, 6.07) is 5.76. The molecule has 0 aliphatic rings. The maximum Gasteiger partial charge on any atom is 0.141 e. The number of hydrogen-bond donors (Lipinski definition) is 1. The molecule has 0 heterocycles. The van der Waals surface area contributed by atoms with Gasteiger partial charge in [-0.1, -0.05) is 17.7 Å². The zero-order valence-corrected chi connectivity index (χ0v) is 7.55. The maximum atomic E-state index is 12.7. The van der Waals surface area contributed by atoms with Gasteiger partial charge in [-0.2, -0.15) is 5.26 Å². The van der Waals surface area contributed by atoms with Crippen molar-refractivity contribution >= 4 is 11.6 Å². The quantitative estimate of drug-likeness (QED) is 0.793. The van der Waals surface area contributed by atoms with Gasteiger partial charge in [0, 0.05) is 6.04 Å². The van der Waals surface area contributed by atoms with Crippen LogP contribution in [0.1, 0.15) is 18.0 Å². The Bertz CT molecular complexity index is 346. The molecule has 0 aliphatic carbocycles. The van der Waals surface area contributed by atoms with E-state index < -0.39 is 11.9 Å². The van der Waals surface area contributed by atoms with Gasteiger partial charge < -0.3 is 5.73 Å². The van der Waals surface area contributed by atoms with Crippen LogP contribution in [0.3, 0.4) is 0 Å². The third kappa shape index (κ3) is 2.41. The summed E-state index contributed by atoms with van der Waals surface area (Å²) in [6.07, 6.45) is 0.196. The van der Waals surface area contributed by atoms with E-state index >= 15 is 0 Å². The first kappa shape index (κ1) is 9.97. The average molecular weight is 199 g/mol. The maximum absolute atomic E-state index is 12.7. The minimum Gasteiger partial charge on any atom is -0.323 e. The molecule has 0 bridgehead atoms. The van der Waals surface area contributed by atoms with E-state index in [0.29, 0.717) is 5.56 Å². The lowest BCUT2D eigenvalue weighted by atomic mass is 10.1. The Morgan fingerprint density at radius 1 is 1.62 bits per heavy atom. The van der Waals surface area contributed by atoms with Gasteiger partial charge in [0.25, 0.3) is 0 Å². The molecule has 0 aromatic heterocycles.